The van der Waals surface area contributed by atoms with E-state index in [0.29, 0.717) is 5.06 Å². The second-order valence-corrected chi connectivity index (χ2v) is 6.77. The first-order chi connectivity index (χ1) is 9.88. The van der Waals surface area contributed by atoms with Crippen LogP contribution in [0, 0.1) is 0 Å². The van der Waals surface area contributed by atoms with Gasteiger partial charge >= 0.3 is 39.9 Å². The van der Waals surface area contributed by atoms with Crippen molar-refractivity contribution in [1.29, 1.82) is 0 Å². The maximum atomic E-state index is 11.9. The molecule has 1 heterocycles. The van der Waals surface area contributed by atoms with Gasteiger partial charge < -0.3 is 5.73 Å². The van der Waals surface area contributed by atoms with Gasteiger partial charge in [0, 0.05) is 6.08 Å². The fourth-order valence-corrected chi connectivity index (χ4v) is 2.66. The average molecular weight is 359 g/mol. The number of hydrogen-bond donors (Lipinski definition) is 2. The molecule has 1 saturated heterocycles. The number of amides is 3. The first-order valence-electron chi connectivity index (χ1n) is 6.09. The van der Waals surface area contributed by atoms with E-state index < -0.39 is 39.8 Å². The van der Waals surface area contributed by atoms with E-state index in [-0.39, 0.29) is 40.3 Å². The van der Waals surface area contributed by atoms with E-state index in [1.807, 2.05) is 0 Å². The van der Waals surface area contributed by atoms with E-state index >= 15 is 0 Å². The number of primary amides is 1. The molecule has 1 aliphatic heterocycles. The monoisotopic (exact) mass is 359 g/mol. The van der Waals surface area contributed by atoms with Crippen LogP contribution in [0.4, 0.5) is 0 Å². The van der Waals surface area contributed by atoms with Crippen LogP contribution in [0.3, 0.4) is 0 Å². The summed E-state index contributed by atoms with van der Waals surface area (Å²) in [6.45, 7) is 4.84. The van der Waals surface area contributed by atoms with Gasteiger partial charge in [0.15, 0.2) is 6.04 Å². The standard InChI is InChI=1S/C11H17N3O7S.Na.H/c1-11(2,3)21-13(6-15)9-7(4-5-8(12)16)14(10(9)17)22(18,19)20;;/h4-7,9H,1-3H3,(H2,12,16)(H,18,19,20);;/t7-,9-;;/m1../s1. The van der Waals surface area contributed by atoms with Crippen LogP contribution in [0.25, 0.3) is 0 Å². The molecule has 1 rings (SSSR count). The molecule has 0 unspecified atom stereocenters. The third-order valence-electron chi connectivity index (χ3n) is 2.53. The molecule has 0 bridgehead atoms. The molecule has 0 saturated carbocycles. The maximum absolute atomic E-state index is 11.9. The first-order valence-corrected chi connectivity index (χ1v) is 7.49. The molecule has 3 amide bonds. The molecule has 1 aliphatic rings. The Morgan fingerprint density at radius 1 is 1.43 bits per heavy atom. The molecule has 0 radical (unpaired) electrons. The molecule has 10 nitrogen and oxygen atoms in total. The molecule has 1 fully saturated rings. The molecule has 0 aromatic heterocycles. The summed E-state index contributed by atoms with van der Waals surface area (Å²) in [4.78, 5) is 39.0. The van der Waals surface area contributed by atoms with E-state index in [4.69, 9.17) is 15.1 Å². The van der Waals surface area contributed by atoms with Crippen LogP contribution in [0.15, 0.2) is 12.2 Å². The van der Waals surface area contributed by atoms with Gasteiger partial charge in [0.05, 0.1) is 5.60 Å². The quantitative estimate of drug-likeness (QED) is 0.138. The molecular weight excluding hydrogens is 341 g/mol. The second-order valence-electron chi connectivity index (χ2n) is 5.48. The fourth-order valence-electron chi connectivity index (χ4n) is 1.83. The Hall–Kier alpha value is -0.980. The third-order valence-corrected chi connectivity index (χ3v) is 3.45. The van der Waals surface area contributed by atoms with Crippen molar-refractivity contribution < 1.29 is 32.2 Å². The van der Waals surface area contributed by atoms with Crippen LogP contribution < -0.4 is 5.73 Å². The average Bonchev–Trinajstić information content (AvgIpc) is 2.29. The zero-order chi connectivity index (χ0) is 17.3. The van der Waals surface area contributed by atoms with Crippen molar-refractivity contribution in [1.82, 2.24) is 9.37 Å². The van der Waals surface area contributed by atoms with E-state index in [2.05, 4.69) is 0 Å². The Labute approximate surface area is 155 Å². The van der Waals surface area contributed by atoms with E-state index in [1.54, 1.807) is 20.8 Å². The van der Waals surface area contributed by atoms with Crippen LogP contribution in [0.1, 0.15) is 20.8 Å². The molecule has 0 aromatic rings. The summed E-state index contributed by atoms with van der Waals surface area (Å²) in [5.74, 6) is -1.96. The summed E-state index contributed by atoms with van der Waals surface area (Å²) < 4.78 is 31.5. The summed E-state index contributed by atoms with van der Waals surface area (Å²) in [5, 5.41) is 0.639. The topological polar surface area (TPSA) is 147 Å². The van der Waals surface area contributed by atoms with Crippen molar-refractivity contribution in [2.24, 2.45) is 5.73 Å². The Bertz CT molecular complexity index is 614. The molecule has 126 valence electrons. The van der Waals surface area contributed by atoms with Gasteiger partial charge in [0.2, 0.25) is 12.3 Å². The molecule has 0 spiro atoms. The SMILES string of the molecule is CC(C)(C)ON(C=O)[C@H]1C(=O)N(S(=O)(=O)O)[C@@H]1C=CC(N)=O.[NaH]. The number of nitrogens with two attached hydrogens (primary N) is 1. The predicted molar refractivity (Wildman–Crippen MR) is 80.2 cm³/mol. The van der Waals surface area contributed by atoms with Crippen molar-refractivity contribution in [3.05, 3.63) is 12.2 Å². The first kappa shape index (κ1) is 22.0. The molecule has 23 heavy (non-hydrogen) atoms. The summed E-state index contributed by atoms with van der Waals surface area (Å²) in [7, 11) is -4.85. The minimum atomic E-state index is -4.85. The van der Waals surface area contributed by atoms with Gasteiger partial charge in [0.25, 0.3) is 5.91 Å². The van der Waals surface area contributed by atoms with Crippen LogP contribution in [0.5, 0.6) is 0 Å². The van der Waals surface area contributed by atoms with Crippen molar-refractivity contribution >= 4 is 58.1 Å². The Morgan fingerprint density at radius 3 is 2.30 bits per heavy atom. The zero-order valence-corrected chi connectivity index (χ0v) is 13.0. The minimum absolute atomic E-state index is 0. The van der Waals surface area contributed by atoms with Crippen molar-refractivity contribution in [3.8, 4) is 0 Å². The van der Waals surface area contributed by atoms with Gasteiger partial charge in [-0.25, -0.2) is 9.37 Å². The molecule has 12 heteroatoms. The normalized spacial score (nSPS) is 21.6. The Morgan fingerprint density at radius 2 is 1.96 bits per heavy atom. The van der Waals surface area contributed by atoms with Gasteiger partial charge in [-0.05, 0) is 20.8 Å². The number of β-lactam (4-membered cyclic amide) rings is 1. The predicted octanol–water partition coefficient (Wildman–Crippen LogP) is -2.05. The Balaban J connectivity index is 0.00000484. The summed E-state index contributed by atoms with van der Waals surface area (Å²) in [6.07, 6.45) is 2.02. The van der Waals surface area contributed by atoms with Crippen molar-refractivity contribution in [3.63, 3.8) is 0 Å². The number of rotatable bonds is 6. The van der Waals surface area contributed by atoms with E-state index in [1.165, 1.54) is 0 Å². The van der Waals surface area contributed by atoms with Crippen LogP contribution in [0.2, 0.25) is 0 Å². The molecule has 0 aromatic carbocycles. The van der Waals surface area contributed by atoms with Gasteiger partial charge in [-0.2, -0.15) is 8.42 Å². The molecular formula is C11H18N3NaO7S. The van der Waals surface area contributed by atoms with Gasteiger partial charge in [0.1, 0.15) is 6.04 Å². The fraction of sp³-hybridized carbons (Fsp3) is 0.545. The number of carbonyl (C=O) groups excluding carboxylic acids is 3. The van der Waals surface area contributed by atoms with E-state index in [9.17, 15) is 22.8 Å². The molecule has 0 aliphatic carbocycles. The molecule has 3 N–H and O–H groups in total. The van der Waals surface area contributed by atoms with Crippen LogP contribution >= 0.6 is 0 Å². The summed E-state index contributed by atoms with van der Waals surface area (Å²) >= 11 is 0. The number of hydroxylamine groups is 2. The summed E-state index contributed by atoms with van der Waals surface area (Å²) in [6, 6.07) is -2.64. The molecule has 2 atom stereocenters. The van der Waals surface area contributed by atoms with Crippen LogP contribution in [-0.4, -0.2) is 87.8 Å². The number of nitrogens with zero attached hydrogens (tertiary/aromatic N) is 2. The second kappa shape index (κ2) is 7.73. The van der Waals surface area contributed by atoms with Gasteiger partial charge in [-0.3, -0.25) is 23.8 Å². The third kappa shape index (κ3) is 5.55. The Kier molecular flexibility index (Phi) is 7.40. The summed E-state index contributed by atoms with van der Waals surface area (Å²) in [5.41, 5.74) is 4.07. The number of hydrogen-bond acceptors (Lipinski definition) is 6. The number of carbonyl (C=O) groups is 3. The van der Waals surface area contributed by atoms with Crippen molar-refractivity contribution in [2.75, 3.05) is 0 Å². The zero-order valence-electron chi connectivity index (χ0n) is 12.2. The van der Waals surface area contributed by atoms with E-state index in [0.717, 1.165) is 12.2 Å². The van der Waals surface area contributed by atoms with Crippen LogP contribution in [-0.2, 0) is 29.5 Å². The van der Waals surface area contributed by atoms with Gasteiger partial charge in [-0.1, -0.05) is 6.08 Å². The van der Waals surface area contributed by atoms with Crippen molar-refractivity contribution in [2.45, 2.75) is 38.5 Å². The van der Waals surface area contributed by atoms with Gasteiger partial charge in [-0.15, -0.1) is 0 Å².